The Balaban J connectivity index is 0.000000461. The van der Waals surface area contributed by atoms with Crippen LogP contribution in [0, 0.1) is 0 Å². The minimum atomic E-state index is -0.792. The van der Waals surface area contributed by atoms with Crippen LogP contribution in [0.3, 0.4) is 0 Å². The topological polar surface area (TPSA) is 0 Å². The molecule has 1 aliphatic carbocycles. The summed E-state index contributed by atoms with van der Waals surface area (Å²) >= 11 is 0. The number of halogens is 1. The molecule has 0 N–H and O–H groups in total. The van der Waals surface area contributed by atoms with Crippen LogP contribution in [-0.4, -0.2) is 6.17 Å². The zero-order valence-corrected chi connectivity index (χ0v) is 9.05. The molecule has 0 spiro atoms. The molecule has 0 nitrogen and oxygen atoms in total. The summed E-state index contributed by atoms with van der Waals surface area (Å²) in [5, 5.41) is 0. The van der Waals surface area contributed by atoms with Crippen molar-refractivity contribution in [3.05, 3.63) is 41.5 Å². The standard InChI is InChI=1S/C11H11F.C2H6/c1-8-6-10(12)7-9-4-2-3-5-11(8)9;1-2/h2-6,10H,7H2,1H3;1-2H3. The fourth-order valence-corrected chi connectivity index (χ4v) is 1.71. The van der Waals surface area contributed by atoms with E-state index < -0.39 is 6.17 Å². The van der Waals surface area contributed by atoms with Crippen molar-refractivity contribution in [3.8, 4) is 0 Å². The molecule has 1 heteroatoms. The molecular weight excluding hydrogens is 175 g/mol. The maximum Gasteiger partial charge on any atom is 0.123 e. The number of hydrogen-bond acceptors (Lipinski definition) is 0. The summed E-state index contributed by atoms with van der Waals surface area (Å²) in [4.78, 5) is 0. The first-order valence-corrected chi connectivity index (χ1v) is 5.18. The molecule has 14 heavy (non-hydrogen) atoms. The minimum Gasteiger partial charge on any atom is -0.243 e. The number of allylic oxidation sites excluding steroid dienone is 2. The first-order chi connectivity index (χ1) is 6.77. The van der Waals surface area contributed by atoms with Crippen molar-refractivity contribution in [2.75, 3.05) is 0 Å². The van der Waals surface area contributed by atoms with Crippen LogP contribution in [0.5, 0.6) is 0 Å². The second-order valence-electron chi connectivity index (χ2n) is 3.23. The van der Waals surface area contributed by atoms with Crippen molar-refractivity contribution in [1.29, 1.82) is 0 Å². The normalized spacial score (nSPS) is 18.9. The highest BCUT2D eigenvalue weighted by Gasteiger charge is 2.15. The van der Waals surface area contributed by atoms with E-state index in [0.29, 0.717) is 6.42 Å². The monoisotopic (exact) mass is 192 g/mol. The van der Waals surface area contributed by atoms with Crippen molar-refractivity contribution in [3.63, 3.8) is 0 Å². The Morgan fingerprint density at radius 1 is 1.21 bits per heavy atom. The third-order valence-electron chi connectivity index (χ3n) is 2.29. The molecule has 1 aromatic carbocycles. The van der Waals surface area contributed by atoms with Crippen molar-refractivity contribution < 1.29 is 4.39 Å². The molecule has 0 amide bonds. The fourth-order valence-electron chi connectivity index (χ4n) is 1.71. The molecular formula is C13H17F. The van der Waals surface area contributed by atoms with Crippen LogP contribution in [0.4, 0.5) is 4.39 Å². The van der Waals surface area contributed by atoms with Crippen molar-refractivity contribution in [2.24, 2.45) is 0 Å². The van der Waals surface area contributed by atoms with Crippen LogP contribution >= 0.6 is 0 Å². The number of rotatable bonds is 0. The van der Waals surface area contributed by atoms with Crippen LogP contribution < -0.4 is 0 Å². The van der Waals surface area contributed by atoms with Gasteiger partial charge in [-0.3, -0.25) is 0 Å². The van der Waals surface area contributed by atoms with E-state index in [4.69, 9.17) is 0 Å². The molecule has 1 aliphatic rings. The Morgan fingerprint density at radius 2 is 1.86 bits per heavy atom. The SMILES string of the molecule is CC.CC1=CC(F)Cc2ccccc21. The molecule has 2 rings (SSSR count). The second-order valence-corrected chi connectivity index (χ2v) is 3.23. The molecule has 0 aromatic heterocycles. The van der Waals surface area contributed by atoms with Gasteiger partial charge in [0, 0.05) is 6.42 Å². The molecule has 1 aromatic rings. The lowest BCUT2D eigenvalue weighted by Crippen LogP contribution is -2.09. The number of fused-ring (bicyclic) bond motifs is 1. The lowest BCUT2D eigenvalue weighted by molar-refractivity contribution is 0.396. The lowest BCUT2D eigenvalue weighted by Gasteiger charge is -2.16. The molecule has 0 radical (unpaired) electrons. The average Bonchev–Trinajstić information content (AvgIpc) is 2.20. The highest BCUT2D eigenvalue weighted by Crippen LogP contribution is 2.26. The Bertz CT molecular complexity index is 326. The maximum absolute atomic E-state index is 13.0. The molecule has 1 atom stereocenters. The summed E-state index contributed by atoms with van der Waals surface area (Å²) < 4.78 is 13.0. The molecule has 0 bridgehead atoms. The van der Waals surface area contributed by atoms with E-state index in [1.807, 2.05) is 45.0 Å². The molecule has 0 aliphatic heterocycles. The first-order valence-electron chi connectivity index (χ1n) is 5.18. The van der Waals surface area contributed by atoms with Gasteiger partial charge in [-0.1, -0.05) is 38.1 Å². The van der Waals surface area contributed by atoms with E-state index in [2.05, 4.69) is 0 Å². The first kappa shape index (κ1) is 11.0. The predicted octanol–water partition coefficient (Wildman–Crippen LogP) is 4.01. The Labute approximate surface area is 85.5 Å². The Morgan fingerprint density at radius 3 is 2.57 bits per heavy atom. The van der Waals surface area contributed by atoms with E-state index in [-0.39, 0.29) is 0 Å². The fraction of sp³-hybridized carbons (Fsp3) is 0.385. The van der Waals surface area contributed by atoms with Gasteiger partial charge in [0.15, 0.2) is 0 Å². The third-order valence-corrected chi connectivity index (χ3v) is 2.29. The zero-order chi connectivity index (χ0) is 10.6. The van der Waals surface area contributed by atoms with Gasteiger partial charge in [0.2, 0.25) is 0 Å². The van der Waals surface area contributed by atoms with E-state index >= 15 is 0 Å². The van der Waals surface area contributed by atoms with Gasteiger partial charge in [-0.2, -0.15) is 0 Å². The number of hydrogen-bond donors (Lipinski definition) is 0. The highest BCUT2D eigenvalue weighted by molar-refractivity contribution is 5.69. The molecule has 1 unspecified atom stereocenters. The minimum absolute atomic E-state index is 0.535. The zero-order valence-electron chi connectivity index (χ0n) is 9.05. The van der Waals surface area contributed by atoms with Gasteiger partial charge in [0.05, 0.1) is 0 Å². The van der Waals surface area contributed by atoms with Crippen LogP contribution in [0.1, 0.15) is 31.9 Å². The largest absolute Gasteiger partial charge is 0.243 e. The van der Waals surface area contributed by atoms with Gasteiger partial charge < -0.3 is 0 Å². The van der Waals surface area contributed by atoms with E-state index in [0.717, 1.165) is 11.1 Å². The van der Waals surface area contributed by atoms with Gasteiger partial charge >= 0.3 is 0 Å². The molecule has 0 saturated heterocycles. The summed E-state index contributed by atoms with van der Waals surface area (Å²) in [5.74, 6) is 0. The Kier molecular flexibility index (Phi) is 3.87. The van der Waals surface area contributed by atoms with Crippen LogP contribution in [0.2, 0.25) is 0 Å². The summed E-state index contributed by atoms with van der Waals surface area (Å²) in [7, 11) is 0. The van der Waals surface area contributed by atoms with Gasteiger partial charge in [-0.25, -0.2) is 4.39 Å². The molecule has 0 saturated carbocycles. The number of alkyl halides is 1. The number of benzene rings is 1. The van der Waals surface area contributed by atoms with Crippen LogP contribution in [0.25, 0.3) is 5.57 Å². The average molecular weight is 192 g/mol. The quantitative estimate of drug-likeness (QED) is 0.582. The molecule has 76 valence electrons. The molecule has 0 fully saturated rings. The summed E-state index contributed by atoms with van der Waals surface area (Å²) in [5.41, 5.74) is 3.39. The third kappa shape index (κ3) is 2.22. The second kappa shape index (κ2) is 4.94. The highest BCUT2D eigenvalue weighted by atomic mass is 19.1. The summed E-state index contributed by atoms with van der Waals surface area (Å²) in [6, 6.07) is 8.00. The smallest absolute Gasteiger partial charge is 0.123 e. The summed E-state index contributed by atoms with van der Waals surface area (Å²) in [6.07, 6.45) is 1.44. The maximum atomic E-state index is 13.0. The van der Waals surface area contributed by atoms with Crippen molar-refractivity contribution in [1.82, 2.24) is 0 Å². The van der Waals surface area contributed by atoms with E-state index in [1.165, 1.54) is 5.56 Å². The molecule has 0 heterocycles. The van der Waals surface area contributed by atoms with Gasteiger partial charge in [-0.05, 0) is 29.7 Å². The van der Waals surface area contributed by atoms with Crippen LogP contribution in [0.15, 0.2) is 30.3 Å². The Hall–Kier alpha value is -1.11. The van der Waals surface area contributed by atoms with Gasteiger partial charge in [0.25, 0.3) is 0 Å². The summed E-state index contributed by atoms with van der Waals surface area (Å²) in [6.45, 7) is 5.96. The van der Waals surface area contributed by atoms with E-state index in [9.17, 15) is 4.39 Å². The predicted molar refractivity (Wildman–Crippen MR) is 60.0 cm³/mol. The van der Waals surface area contributed by atoms with Crippen LogP contribution in [-0.2, 0) is 6.42 Å². The van der Waals surface area contributed by atoms with Gasteiger partial charge in [0.1, 0.15) is 6.17 Å². The van der Waals surface area contributed by atoms with Crippen molar-refractivity contribution >= 4 is 5.57 Å². The van der Waals surface area contributed by atoms with E-state index in [1.54, 1.807) is 6.08 Å². The lowest BCUT2D eigenvalue weighted by atomic mass is 9.91. The van der Waals surface area contributed by atoms with Gasteiger partial charge in [-0.15, -0.1) is 0 Å². The van der Waals surface area contributed by atoms with Crippen molar-refractivity contribution in [2.45, 2.75) is 33.4 Å².